The Morgan fingerprint density at radius 3 is 1.95 bits per heavy atom. The molecule has 1 N–H and O–H groups in total. The van der Waals surface area contributed by atoms with Crippen LogP contribution < -0.4 is 5.32 Å². The molecule has 0 saturated carbocycles. The maximum Gasteiger partial charge on any atom is 0.321 e. The molecule has 0 spiro atoms. The summed E-state index contributed by atoms with van der Waals surface area (Å²) in [6.07, 6.45) is 1.78. The topological polar surface area (TPSA) is 52.7 Å². The van der Waals surface area contributed by atoms with Crippen molar-refractivity contribution in [3.05, 3.63) is 29.3 Å². The Labute approximate surface area is 132 Å². The first-order chi connectivity index (χ1) is 10.6. The van der Waals surface area contributed by atoms with Gasteiger partial charge in [-0.05, 0) is 24.0 Å². The van der Waals surface area contributed by atoms with Crippen LogP contribution in [-0.4, -0.2) is 47.9 Å². The summed E-state index contributed by atoms with van der Waals surface area (Å²) in [7, 11) is 0. The van der Waals surface area contributed by atoms with Gasteiger partial charge in [-0.2, -0.15) is 0 Å². The van der Waals surface area contributed by atoms with Gasteiger partial charge in [0.05, 0.1) is 0 Å². The van der Waals surface area contributed by atoms with Crippen molar-refractivity contribution in [2.75, 3.05) is 31.5 Å². The van der Waals surface area contributed by atoms with Gasteiger partial charge in [0.15, 0.2) is 0 Å². The minimum Gasteiger partial charge on any atom is -0.339 e. The molecule has 0 aromatic heterocycles. The lowest BCUT2D eigenvalue weighted by atomic mass is 10.0. The van der Waals surface area contributed by atoms with Gasteiger partial charge in [0.25, 0.3) is 0 Å². The van der Waals surface area contributed by atoms with E-state index in [1.807, 2.05) is 6.07 Å². The van der Waals surface area contributed by atoms with Gasteiger partial charge in [0.1, 0.15) is 0 Å². The van der Waals surface area contributed by atoms with Crippen LogP contribution in [0, 0.1) is 0 Å². The number of nitrogens with zero attached hydrogens (tertiary/aromatic N) is 2. The van der Waals surface area contributed by atoms with Gasteiger partial charge >= 0.3 is 6.03 Å². The molecule has 1 aromatic carbocycles. The maximum atomic E-state index is 12.5. The normalized spacial score (nSPS) is 14.9. The van der Waals surface area contributed by atoms with Crippen LogP contribution in [0.15, 0.2) is 18.2 Å². The third kappa shape index (κ3) is 3.59. The predicted octanol–water partition coefficient (Wildman–Crippen LogP) is 2.51. The molecule has 1 saturated heterocycles. The third-order valence-electron chi connectivity index (χ3n) is 4.24. The van der Waals surface area contributed by atoms with E-state index in [0.29, 0.717) is 26.2 Å². The number of benzene rings is 1. The summed E-state index contributed by atoms with van der Waals surface area (Å²) in [5.41, 5.74) is 3.27. The van der Waals surface area contributed by atoms with Gasteiger partial charge in [0.2, 0.25) is 5.91 Å². The largest absolute Gasteiger partial charge is 0.339 e. The summed E-state index contributed by atoms with van der Waals surface area (Å²) in [6, 6.07) is 6.09. The van der Waals surface area contributed by atoms with Crippen molar-refractivity contribution in [1.82, 2.24) is 9.80 Å². The molecule has 1 heterocycles. The summed E-state index contributed by atoms with van der Waals surface area (Å²) >= 11 is 0. The summed E-state index contributed by atoms with van der Waals surface area (Å²) in [6.45, 7) is 8.15. The number of amides is 3. The Morgan fingerprint density at radius 1 is 1.00 bits per heavy atom. The molecule has 5 nitrogen and oxygen atoms in total. The number of rotatable bonds is 3. The van der Waals surface area contributed by atoms with Crippen molar-refractivity contribution in [3.8, 4) is 0 Å². The minimum atomic E-state index is -0.0706. The molecule has 1 fully saturated rings. The van der Waals surface area contributed by atoms with Crippen LogP contribution in [0.1, 0.15) is 31.9 Å². The molecular weight excluding hydrogens is 278 g/mol. The fourth-order valence-corrected chi connectivity index (χ4v) is 2.81. The average molecular weight is 303 g/mol. The van der Waals surface area contributed by atoms with E-state index in [9.17, 15) is 9.59 Å². The Bertz CT molecular complexity index is 527. The Hall–Kier alpha value is -2.04. The molecule has 0 radical (unpaired) electrons. The van der Waals surface area contributed by atoms with E-state index in [4.69, 9.17) is 0 Å². The number of carbonyl (C=O) groups is 2. The minimum absolute atomic E-state index is 0.0706. The number of piperazine rings is 1. The molecular formula is C17H25N3O2. The first kappa shape index (κ1) is 16.3. The summed E-state index contributed by atoms with van der Waals surface area (Å²) < 4.78 is 0. The molecule has 120 valence electrons. The molecule has 0 atom stereocenters. The van der Waals surface area contributed by atoms with Crippen LogP contribution in [0.5, 0.6) is 0 Å². The molecule has 0 aliphatic carbocycles. The highest BCUT2D eigenvalue weighted by Crippen LogP contribution is 2.23. The molecule has 0 unspecified atom stereocenters. The monoisotopic (exact) mass is 303 g/mol. The molecule has 3 amide bonds. The predicted molar refractivity (Wildman–Crippen MR) is 88.0 cm³/mol. The molecule has 2 rings (SSSR count). The first-order valence-corrected chi connectivity index (χ1v) is 7.99. The number of hydrogen-bond donors (Lipinski definition) is 1. The lowest BCUT2D eigenvalue weighted by Gasteiger charge is -2.34. The van der Waals surface area contributed by atoms with Gasteiger partial charge in [0, 0.05) is 38.8 Å². The average Bonchev–Trinajstić information content (AvgIpc) is 2.55. The number of urea groups is 1. The second kappa shape index (κ2) is 7.29. The lowest BCUT2D eigenvalue weighted by Crippen LogP contribution is -2.51. The smallest absolute Gasteiger partial charge is 0.321 e. The van der Waals surface area contributed by atoms with Crippen molar-refractivity contribution >= 4 is 17.6 Å². The van der Waals surface area contributed by atoms with Crippen molar-refractivity contribution in [1.29, 1.82) is 0 Å². The lowest BCUT2D eigenvalue weighted by molar-refractivity contribution is -0.130. The van der Waals surface area contributed by atoms with Crippen LogP contribution in [0.2, 0.25) is 0 Å². The second-order valence-corrected chi connectivity index (χ2v) is 5.58. The fourth-order valence-electron chi connectivity index (χ4n) is 2.81. The second-order valence-electron chi connectivity index (χ2n) is 5.58. The number of para-hydroxylation sites is 1. The molecule has 5 heteroatoms. The number of carbonyl (C=O) groups excluding carboxylic acids is 2. The quantitative estimate of drug-likeness (QED) is 0.933. The van der Waals surface area contributed by atoms with E-state index in [2.05, 4.69) is 31.3 Å². The van der Waals surface area contributed by atoms with Gasteiger partial charge in [-0.1, -0.05) is 32.0 Å². The van der Waals surface area contributed by atoms with Gasteiger partial charge < -0.3 is 15.1 Å². The van der Waals surface area contributed by atoms with Gasteiger partial charge in [-0.25, -0.2) is 4.79 Å². The Balaban J connectivity index is 2.05. The summed E-state index contributed by atoms with van der Waals surface area (Å²) in [5, 5.41) is 3.08. The Kier molecular flexibility index (Phi) is 5.41. The molecule has 1 aromatic rings. The van der Waals surface area contributed by atoms with Crippen molar-refractivity contribution < 1.29 is 9.59 Å². The summed E-state index contributed by atoms with van der Waals surface area (Å²) in [4.78, 5) is 27.4. The van der Waals surface area contributed by atoms with Crippen molar-refractivity contribution in [2.45, 2.75) is 33.6 Å². The van der Waals surface area contributed by atoms with Crippen molar-refractivity contribution in [3.63, 3.8) is 0 Å². The Morgan fingerprint density at radius 2 is 1.50 bits per heavy atom. The number of anilines is 1. The zero-order chi connectivity index (χ0) is 16.1. The van der Waals surface area contributed by atoms with Gasteiger partial charge in [-0.3, -0.25) is 4.79 Å². The number of nitrogens with one attached hydrogen (secondary N) is 1. The number of aryl methyl sites for hydroxylation is 2. The molecule has 1 aliphatic heterocycles. The molecule has 1 aliphatic rings. The van der Waals surface area contributed by atoms with E-state index in [1.165, 1.54) is 0 Å². The van der Waals surface area contributed by atoms with E-state index in [-0.39, 0.29) is 11.9 Å². The van der Waals surface area contributed by atoms with Crippen LogP contribution in [-0.2, 0) is 17.6 Å². The SMILES string of the molecule is CCc1cccc(CC)c1NC(=O)N1CCN(C(C)=O)CC1. The first-order valence-electron chi connectivity index (χ1n) is 7.99. The van der Waals surface area contributed by atoms with E-state index < -0.39 is 0 Å². The zero-order valence-corrected chi connectivity index (χ0v) is 13.7. The standard InChI is InChI=1S/C17H25N3O2/c1-4-14-7-6-8-15(5-2)16(14)18-17(22)20-11-9-19(10-12-20)13(3)21/h6-8H,4-5,9-12H2,1-3H3,(H,18,22). The zero-order valence-electron chi connectivity index (χ0n) is 13.7. The molecule has 22 heavy (non-hydrogen) atoms. The maximum absolute atomic E-state index is 12.5. The summed E-state index contributed by atoms with van der Waals surface area (Å²) in [5.74, 6) is 0.0738. The third-order valence-corrected chi connectivity index (χ3v) is 4.24. The van der Waals surface area contributed by atoms with Crippen molar-refractivity contribution in [2.24, 2.45) is 0 Å². The molecule has 0 bridgehead atoms. The van der Waals surface area contributed by atoms with Crippen LogP contribution in [0.4, 0.5) is 10.5 Å². The highest BCUT2D eigenvalue weighted by molar-refractivity contribution is 5.91. The fraction of sp³-hybridized carbons (Fsp3) is 0.529. The van der Waals surface area contributed by atoms with E-state index in [0.717, 1.165) is 29.7 Å². The van der Waals surface area contributed by atoms with Crippen LogP contribution in [0.25, 0.3) is 0 Å². The van der Waals surface area contributed by atoms with E-state index >= 15 is 0 Å². The highest BCUT2D eigenvalue weighted by Gasteiger charge is 2.23. The number of hydrogen-bond acceptors (Lipinski definition) is 2. The van der Waals surface area contributed by atoms with Crippen LogP contribution in [0.3, 0.4) is 0 Å². The van der Waals surface area contributed by atoms with Crippen LogP contribution >= 0.6 is 0 Å². The van der Waals surface area contributed by atoms with E-state index in [1.54, 1.807) is 16.7 Å². The highest BCUT2D eigenvalue weighted by atomic mass is 16.2. The van der Waals surface area contributed by atoms with Gasteiger partial charge in [-0.15, -0.1) is 0 Å².